The van der Waals surface area contributed by atoms with Gasteiger partial charge in [-0.2, -0.15) is 0 Å². The number of cyclic esters (lactones) is 1. The third-order valence-corrected chi connectivity index (χ3v) is 2.90. The van der Waals surface area contributed by atoms with Crippen LogP contribution in [0, 0.1) is 0 Å². The molecule has 0 amide bonds. The molecule has 0 aromatic heterocycles. The molecule has 0 radical (unpaired) electrons. The van der Waals surface area contributed by atoms with E-state index in [-0.39, 0.29) is 0 Å². The molecule has 0 unspecified atom stereocenters. The number of benzene rings is 2. The maximum atomic E-state index is 11.5. The Kier molecular flexibility index (Phi) is 1.66. The molecule has 2 aromatic rings. The SMILES string of the molecule is C[C@@]1(O)OC(=O)c2ccc3ccccc3c21. The third-order valence-electron chi connectivity index (χ3n) is 2.90. The van der Waals surface area contributed by atoms with Crippen LogP contribution >= 0.6 is 0 Å². The van der Waals surface area contributed by atoms with Crippen molar-refractivity contribution in [1.82, 2.24) is 0 Å². The Bertz CT molecular complexity index is 599. The molecule has 3 heteroatoms. The Morgan fingerprint density at radius 3 is 2.75 bits per heavy atom. The lowest BCUT2D eigenvalue weighted by atomic mass is 9.96. The molecular weight excluding hydrogens is 204 g/mol. The summed E-state index contributed by atoms with van der Waals surface area (Å²) in [6.07, 6.45) is 0. The highest BCUT2D eigenvalue weighted by Crippen LogP contribution is 2.38. The highest BCUT2D eigenvalue weighted by Gasteiger charge is 2.41. The topological polar surface area (TPSA) is 46.5 Å². The zero-order valence-corrected chi connectivity index (χ0v) is 8.73. The van der Waals surface area contributed by atoms with Gasteiger partial charge in [0, 0.05) is 12.5 Å². The van der Waals surface area contributed by atoms with E-state index in [0.717, 1.165) is 10.8 Å². The Balaban J connectivity index is 2.47. The van der Waals surface area contributed by atoms with Gasteiger partial charge in [-0.05, 0) is 16.8 Å². The van der Waals surface area contributed by atoms with Crippen molar-refractivity contribution in [2.24, 2.45) is 0 Å². The molecular formula is C13H10O3. The number of hydrogen-bond acceptors (Lipinski definition) is 3. The molecule has 0 spiro atoms. The van der Waals surface area contributed by atoms with Gasteiger partial charge in [0.05, 0.1) is 5.56 Å². The number of carbonyl (C=O) groups is 1. The number of ether oxygens (including phenoxy) is 1. The van der Waals surface area contributed by atoms with Crippen molar-refractivity contribution in [3.05, 3.63) is 47.5 Å². The summed E-state index contributed by atoms with van der Waals surface area (Å²) in [6, 6.07) is 11.2. The van der Waals surface area contributed by atoms with Crippen LogP contribution in [0.5, 0.6) is 0 Å². The molecule has 80 valence electrons. The van der Waals surface area contributed by atoms with Crippen LogP contribution in [0.15, 0.2) is 36.4 Å². The van der Waals surface area contributed by atoms with Crippen LogP contribution in [0.3, 0.4) is 0 Å². The maximum absolute atomic E-state index is 11.5. The van der Waals surface area contributed by atoms with E-state index in [9.17, 15) is 9.90 Å². The first-order chi connectivity index (χ1) is 7.59. The lowest BCUT2D eigenvalue weighted by molar-refractivity contribution is -0.146. The molecule has 1 aliphatic heterocycles. The fraction of sp³-hybridized carbons (Fsp3) is 0.154. The highest BCUT2D eigenvalue weighted by molar-refractivity contribution is 6.02. The molecule has 1 N–H and O–H groups in total. The Labute approximate surface area is 92.3 Å². The first-order valence-electron chi connectivity index (χ1n) is 5.07. The Hall–Kier alpha value is -1.87. The first-order valence-corrected chi connectivity index (χ1v) is 5.07. The summed E-state index contributed by atoms with van der Waals surface area (Å²) in [5.41, 5.74) is 1.01. The number of carbonyl (C=O) groups excluding carboxylic acids is 1. The highest BCUT2D eigenvalue weighted by atomic mass is 16.7. The summed E-state index contributed by atoms with van der Waals surface area (Å²) >= 11 is 0. The zero-order chi connectivity index (χ0) is 11.3. The van der Waals surface area contributed by atoms with Gasteiger partial charge in [-0.3, -0.25) is 0 Å². The van der Waals surface area contributed by atoms with Crippen molar-refractivity contribution < 1.29 is 14.6 Å². The van der Waals surface area contributed by atoms with E-state index in [2.05, 4.69) is 0 Å². The van der Waals surface area contributed by atoms with Crippen LogP contribution in [0.2, 0.25) is 0 Å². The Morgan fingerprint density at radius 2 is 1.94 bits per heavy atom. The summed E-state index contributed by atoms with van der Waals surface area (Å²) in [5.74, 6) is -1.99. The molecule has 0 saturated carbocycles. The average molecular weight is 214 g/mol. The number of rotatable bonds is 0. The molecule has 1 atom stereocenters. The fourth-order valence-electron chi connectivity index (χ4n) is 2.23. The lowest BCUT2D eigenvalue weighted by Crippen LogP contribution is -2.20. The third kappa shape index (κ3) is 1.09. The largest absolute Gasteiger partial charge is 0.425 e. The van der Waals surface area contributed by atoms with Crippen LogP contribution in [0.25, 0.3) is 10.8 Å². The van der Waals surface area contributed by atoms with Crippen molar-refractivity contribution in [3.63, 3.8) is 0 Å². The Morgan fingerprint density at radius 1 is 1.19 bits per heavy atom. The van der Waals surface area contributed by atoms with Crippen molar-refractivity contribution in [3.8, 4) is 0 Å². The van der Waals surface area contributed by atoms with E-state index in [4.69, 9.17) is 4.74 Å². The molecule has 1 heterocycles. The van der Waals surface area contributed by atoms with Crippen molar-refractivity contribution in [1.29, 1.82) is 0 Å². The van der Waals surface area contributed by atoms with Crippen LogP contribution in [0.4, 0.5) is 0 Å². The molecule has 2 aromatic carbocycles. The maximum Gasteiger partial charge on any atom is 0.341 e. The van der Waals surface area contributed by atoms with E-state index in [1.165, 1.54) is 6.92 Å². The number of esters is 1. The quantitative estimate of drug-likeness (QED) is 0.684. The second-order valence-electron chi connectivity index (χ2n) is 4.08. The first kappa shape index (κ1) is 9.36. The van der Waals surface area contributed by atoms with Gasteiger partial charge in [-0.25, -0.2) is 4.79 Å². The van der Waals surface area contributed by atoms with E-state index >= 15 is 0 Å². The normalized spacial score (nSPS) is 23.2. The average Bonchev–Trinajstić information content (AvgIpc) is 2.49. The molecule has 0 bridgehead atoms. The number of fused-ring (bicyclic) bond motifs is 3. The van der Waals surface area contributed by atoms with Gasteiger partial charge < -0.3 is 9.84 Å². The monoisotopic (exact) mass is 214 g/mol. The number of hydrogen-bond donors (Lipinski definition) is 1. The zero-order valence-electron chi connectivity index (χ0n) is 8.73. The van der Waals surface area contributed by atoms with Gasteiger partial charge in [-0.15, -0.1) is 0 Å². The van der Waals surface area contributed by atoms with E-state index in [0.29, 0.717) is 11.1 Å². The van der Waals surface area contributed by atoms with Crippen molar-refractivity contribution in [2.75, 3.05) is 0 Å². The summed E-state index contributed by atoms with van der Waals surface area (Å²) in [5, 5.41) is 11.9. The van der Waals surface area contributed by atoms with Crippen LogP contribution in [-0.4, -0.2) is 11.1 Å². The molecule has 1 aliphatic rings. The predicted octanol–water partition coefficient (Wildman–Crippen LogP) is 2.18. The predicted molar refractivity (Wildman–Crippen MR) is 58.9 cm³/mol. The van der Waals surface area contributed by atoms with Gasteiger partial charge >= 0.3 is 5.97 Å². The lowest BCUT2D eigenvalue weighted by Gasteiger charge is -2.17. The summed E-state index contributed by atoms with van der Waals surface area (Å²) < 4.78 is 4.94. The minimum absolute atomic E-state index is 0.448. The van der Waals surface area contributed by atoms with Crippen molar-refractivity contribution in [2.45, 2.75) is 12.7 Å². The minimum Gasteiger partial charge on any atom is -0.425 e. The van der Waals surface area contributed by atoms with Gasteiger partial charge in [0.1, 0.15) is 0 Å². The second-order valence-corrected chi connectivity index (χ2v) is 4.08. The van der Waals surface area contributed by atoms with Crippen LogP contribution in [0.1, 0.15) is 22.8 Å². The molecule has 3 rings (SSSR count). The summed E-state index contributed by atoms with van der Waals surface area (Å²) in [4.78, 5) is 11.5. The van der Waals surface area contributed by atoms with Crippen molar-refractivity contribution >= 4 is 16.7 Å². The van der Waals surface area contributed by atoms with Crippen LogP contribution in [-0.2, 0) is 10.5 Å². The van der Waals surface area contributed by atoms with Gasteiger partial charge in [-0.1, -0.05) is 30.3 Å². The fourth-order valence-corrected chi connectivity index (χ4v) is 2.23. The molecule has 16 heavy (non-hydrogen) atoms. The molecule has 0 aliphatic carbocycles. The minimum atomic E-state index is -1.52. The number of aliphatic hydroxyl groups is 1. The smallest absolute Gasteiger partial charge is 0.341 e. The summed E-state index contributed by atoms with van der Waals surface area (Å²) in [7, 11) is 0. The summed E-state index contributed by atoms with van der Waals surface area (Å²) in [6.45, 7) is 1.49. The van der Waals surface area contributed by atoms with E-state index in [1.54, 1.807) is 6.07 Å². The van der Waals surface area contributed by atoms with E-state index < -0.39 is 11.8 Å². The molecule has 0 fully saturated rings. The van der Waals surface area contributed by atoms with Gasteiger partial charge in [0.15, 0.2) is 0 Å². The van der Waals surface area contributed by atoms with Gasteiger partial charge in [0.25, 0.3) is 0 Å². The molecule has 3 nitrogen and oxygen atoms in total. The van der Waals surface area contributed by atoms with E-state index in [1.807, 2.05) is 30.3 Å². The standard InChI is InChI=1S/C13H10O3/c1-13(15)11-9-5-3-2-4-8(9)6-7-10(11)12(14)16-13/h2-7,15H,1H3/t13-/m1/s1. The molecule has 0 saturated heterocycles. The van der Waals surface area contributed by atoms with Crippen LogP contribution < -0.4 is 0 Å². The second kappa shape index (κ2) is 2.83. The van der Waals surface area contributed by atoms with Gasteiger partial charge in [0.2, 0.25) is 5.79 Å².